The molecule has 2 rings (SSSR count). The minimum Gasteiger partial charge on any atom is -0.392 e. The monoisotopic (exact) mass is 346 g/mol. The van der Waals surface area contributed by atoms with Crippen LogP contribution < -0.4 is 0 Å². The first-order valence-electron chi connectivity index (χ1n) is 8.11. The van der Waals surface area contributed by atoms with E-state index >= 15 is 0 Å². The van der Waals surface area contributed by atoms with Gasteiger partial charge in [-0.05, 0) is 31.5 Å². The Morgan fingerprint density at radius 2 is 1.62 bits per heavy atom. The van der Waals surface area contributed by atoms with Gasteiger partial charge in [0.15, 0.2) is 0 Å². The molecule has 1 aromatic rings. The summed E-state index contributed by atoms with van der Waals surface area (Å²) >= 11 is 0. The zero-order valence-corrected chi connectivity index (χ0v) is 14.1. The van der Waals surface area contributed by atoms with Gasteiger partial charge in [-0.1, -0.05) is 12.1 Å². The van der Waals surface area contributed by atoms with Crippen LogP contribution in [-0.2, 0) is 11.8 Å². The minimum absolute atomic E-state index is 0.267. The van der Waals surface area contributed by atoms with Crippen LogP contribution >= 0.6 is 0 Å². The Kier molecular flexibility index (Phi) is 5.91. The van der Waals surface area contributed by atoms with Crippen molar-refractivity contribution < 1.29 is 23.4 Å². The van der Waals surface area contributed by atoms with E-state index in [4.69, 9.17) is 0 Å². The Labute approximate surface area is 140 Å². The second kappa shape index (κ2) is 7.39. The third kappa shape index (κ3) is 5.17. The first-order chi connectivity index (χ1) is 11.1. The molecule has 0 unspecified atom stereocenters. The van der Waals surface area contributed by atoms with Crippen LogP contribution in [0.4, 0.5) is 13.2 Å². The SMILES string of the molecule is C[C@H](O)CN1CCN(C[C@@](C)(O)c2cccc(C(F)(F)F)c2)CC1. The third-order valence-electron chi connectivity index (χ3n) is 4.33. The van der Waals surface area contributed by atoms with Crippen LogP contribution in [0.3, 0.4) is 0 Å². The van der Waals surface area contributed by atoms with E-state index in [9.17, 15) is 23.4 Å². The molecule has 24 heavy (non-hydrogen) atoms. The highest BCUT2D eigenvalue weighted by Gasteiger charge is 2.34. The number of benzene rings is 1. The summed E-state index contributed by atoms with van der Waals surface area (Å²) in [7, 11) is 0. The van der Waals surface area contributed by atoms with Gasteiger partial charge in [-0.25, -0.2) is 0 Å². The number of alkyl halides is 3. The van der Waals surface area contributed by atoms with E-state index in [1.54, 1.807) is 13.8 Å². The number of aliphatic hydroxyl groups excluding tert-OH is 1. The summed E-state index contributed by atoms with van der Waals surface area (Å²) in [6.07, 6.45) is -4.80. The largest absolute Gasteiger partial charge is 0.416 e. The molecule has 4 nitrogen and oxygen atoms in total. The molecule has 1 fully saturated rings. The zero-order chi connectivity index (χ0) is 18.0. The highest BCUT2D eigenvalue weighted by atomic mass is 19.4. The van der Waals surface area contributed by atoms with Crippen molar-refractivity contribution in [1.29, 1.82) is 0 Å². The van der Waals surface area contributed by atoms with Crippen molar-refractivity contribution >= 4 is 0 Å². The fourth-order valence-electron chi connectivity index (χ4n) is 3.06. The third-order valence-corrected chi connectivity index (χ3v) is 4.33. The number of nitrogens with zero attached hydrogens (tertiary/aromatic N) is 2. The molecule has 2 N–H and O–H groups in total. The molecule has 1 aliphatic heterocycles. The van der Waals surface area contributed by atoms with Crippen LogP contribution in [0, 0.1) is 0 Å². The van der Waals surface area contributed by atoms with Crippen LogP contribution in [-0.4, -0.2) is 65.4 Å². The molecule has 7 heteroatoms. The van der Waals surface area contributed by atoms with E-state index in [2.05, 4.69) is 4.90 Å². The number of hydrogen-bond donors (Lipinski definition) is 2. The Morgan fingerprint density at radius 3 is 2.17 bits per heavy atom. The van der Waals surface area contributed by atoms with Crippen molar-refractivity contribution in [2.24, 2.45) is 0 Å². The molecule has 0 radical (unpaired) electrons. The van der Waals surface area contributed by atoms with E-state index in [0.29, 0.717) is 19.6 Å². The van der Waals surface area contributed by atoms with Gasteiger partial charge in [-0.2, -0.15) is 13.2 Å². The van der Waals surface area contributed by atoms with Gasteiger partial charge >= 0.3 is 6.18 Å². The maximum atomic E-state index is 12.8. The summed E-state index contributed by atoms with van der Waals surface area (Å²) in [6.45, 7) is 7.13. The van der Waals surface area contributed by atoms with Gasteiger partial charge in [0.2, 0.25) is 0 Å². The summed E-state index contributed by atoms with van der Waals surface area (Å²) in [5.74, 6) is 0. The van der Waals surface area contributed by atoms with E-state index in [0.717, 1.165) is 25.2 Å². The molecule has 1 aliphatic rings. The molecule has 0 saturated carbocycles. The summed E-state index contributed by atoms with van der Waals surface area (Å²) in [4.78, 5) is 4.18. The number of rotatable bonds is 5. The van der Waals surface area contributed by atoms with Gasteiger partial charge in [-0.3, -0.25) is 9.80 Å². The fraction of sp³-hybridized carbons (Fsp3) is 0.647. The Morgan fingerprint density at radius 1 is 1.08 bits per heavy atom. The van der Waals surface area contributed by atoms with E-state index < -0.39 is 17.3 Å². The average Bonchev–Trinajstić information content (AvgIpc) is 2.48. The van der Waals surface area contributed by atoms with Gasteiger partial charge in [-0.15, -0.1) is 0 Å². The lowest BCUT2D eigenvalue weighted by Gasteiger charge is -2.38. The van der Waals surface area contributed by atoms with Gasteiger partial charge in [0.05, 0.1) is 17.3 Å². The molecule has 1 heterocycles. The Bertz CT molecular complexity index is 539. The number of aliphatic hydroxyl groups is 2. The van der Waals surface area contributed by atoms with E-state index in [1.807, 2.05) is 4.90 Å². The smallest absolute Gasteiger partial charge is 0.392 e. The normalized spacial score (nSPS) is 21.5. The van der Waals surface area contributed by atoms with E-state index in [1.165, 1.54) is 12.1 Å². The second-order valence-electron chi connectivity index (χ2n) is 6.78. The lowest BCUT2D eigenvalue weighted by molar-refractivity contribution is -0.137. The predicted octanol–water partition coefficient (Wildman–Crippen LogP) is 1.91. The molecular weight excluding hydrogens is 321 g/mol. The van der Waals surface area contributed by atoms with Crippen molar-refractivity contribution in [3.63, 3.8) is 0 Å². The lowest BCUT2D eigenvalue weighted by Crippen LogP contribution is -2.51. The van der Waals surface area contributed by atoms with Crippen molar-refractivity contribution in [2.75, 3.05) is 39.3 Å². The summed E-state index contributed by atoms with van der Waals surface area (Å²) in [6, 6.07) is 4.88. The molecule has 1 saturated heterocycles. The highest BCUT2D eigenvalue weighted by Crippen LogP contribution is 2.32. The van der Waals surface area contributed by atoms with Crippen molar-refractivity contribution in [3.8, 4) is 0 Å². The lowest BCUT2D eigenvalue weighted by atomic mass is 9.93. The Hall–Kier alpha value is -1.15. The van der Waals surface area contributed by atoms with E-state index in [-0.39, 0.29) is 18.2 Å². The number of piperazine rings is 1. The molecule has 0 spiro atoms. The molecule has 1 aromatic carbocycles. The van der Waals surface area contributed by atoms with Crippen LogP contribution in [0.15, 0.2) is 24.3 Å². The fourth-order valence-corrected chi connectivity index (χ4v) is 3.06. The molecule has 0 amide bonds. The standard InChI is InChI=1S/C17H25F3N2O2/c1-13(23)11-21-6-8-22(9-7-21)12-16(2,24)14-4-3-5-15(10-14)17(18,19)20/h3-5,10,13,23-24H,6-9,11-12H2,1-2H3/t13-,16+/m0/s1. The van der Waals surface area contributed by atoms with Crippen LogP contribution in [0.1, 0.15) is 25.0 Å². The highest BCUT2D eigenvalue weighted by molar-refractivity contribution is 5.29. The molecule has 136 valence electrons. The first-order valence-corrected chi connectivity index (χ1v) is 8.11. The minimum atomic E-state index is -4.42. The van der Waals surface area contributed by atoms with Crippen molar-refractivity contribution in [2.45, 2.75) is 31.7 Å². The molecule has 0 bridgehead atoms. The average molecular weight is 346 g/mol. The summed E-state index contributed by atoms with van der Waals surface area (Å²) in [5.41, 5.74) is -1.83. The number of halogens is 3. The predicted molar refractivity (Wildman–Crippen MR) is 85.6 cm³/mol. The van der Waals surface area contributed by atoms with Crippen molar-refractivity contribution in [3.05, 3.63) is 35.4 Å². The molecule has 0 aliphatic carbocycles. The second-order valence-corrected chi connectivity index (χ2v) is 6.78. The molecule has 0 aromatic heterocycles. The van der Waals surface area contributed by atoms with Crippen LogP contribution in [0.25, 0.3) is 0 Å². The number of β-amino-alcohol motifs (C(OH)–C–C–N with tert-alkyl or cyclic N) is 2. The molecule has 2 atom stereocenters. The maximum absolute atomic E-state index is 12.8. The van der Waals surface area contributed by atoms with Gasteiger partial charge in [0.25, 0.3) is 0 Å². The van der Waals surface area contributed by atoms with Crippen molar-refractivity contribution in [1.82, 2.24) is 9.80 Å². The number of hydrogen-bond acceptors (Lipinski definition) is 4. The molecular formula is C17H25F3N2O2. The maximum Gasteiger partial charge on any atom is 0.416 e. The summed E-state index contributed by atoms with van der Waals surface area (Å²) < 4.78 is 38.5. The first kappa shape index (κ1) is 19.2. The van der Waals surface area contributed by atoms with Gasteiger partial charge < -0.3 is 10.2 Å². The zero-order valence-electron chi connectivity index (χ0n) is 14.1. The van der Waals surface area contributed by atoms with Gasteiger partial charge in [0, 0.05) is 39.3 Å². The van der Waals surface area contributed by atoms with Crippen LogP contribution in [0.5, 0.6) is 0 Å². The quantitative estimate of drug-likeness (QED) is 0.855. The summed E-state index contributed by atoms with van der Waals surface area (Å²) in [5, 5.41) is 20.1. The topological polar surface area (TPSA) is 46.9 Å². The van der Waals surface area contributed by atoms with Crippen LogP contribution in [0.2, 0.25) is 0 Å². The Balaban J connectivity index is 1.99. The van der Waals surface area contributed by atoms with Gasteiger partial charge in [0.1, 0.15) is 0 Å².